The Kier molecular flexibility index (Phi) is 3.70. The van der Waals surface area contributed by atoms with Crippen molar-refractivity contribution in [2.75, 3.05) is 0 Å². The van der Waals surface area contributed by atoms with Crippen LogP contribution in [0.2, 0.25) is 0 Å². The summed E-state index contributed by atoms with van der Waals surface area (Å²) in [7, 11) is 0. The molecule has 2 aromatic heterocycles. The van der Waals surface area contributed by atoms with E-state index in [0.717, 1.165) is 0 Å². The van der Waals surface area contributed by atoms with Crippen LogP contribution in [0.1, 0.15) is 48.2 Å². The third-order valence-electron chi connectivity index (χ3n) is 4.77. The average molecular weight is 384 g/mol. The maximum Gasteiger partial charge on any atom is 0.229 e. The number of hydrogen-bond acceptors (Lipinski definition) is 5. The van der Waals surface area contributed by atoms with E-state index in [1.54, 1.807) is 48.5 Å². The second kappa shape index (κ2) is 6.25. The van der Waals surface area contributed by atoms with Crippen LogP contribution in [0.5, 0.6) is 0 Å². The van der Waals surface area contributed by atoms with Crippen molar-refractivity contribution in [2.24, 2.45) is 0 Å². The molecule has 28 heavy (non-hydrogen) atoms. The summed E-state index contributed by atoms with van der Waals surface area (Å²) in [6, 6.07) is 19.0. The van der Waals surface area contributed by atoms with Gasteiger partial charge in [-0.25, -0.2) is 0 Å². The van der Waals surface area contributed by atoms with E-state index in [2.05, 4.69) is 0 Å². The molecule has 0 bridgehead atoms. The van der Waals surface area contributed by atoms with Gasteiger partial charge in [0, 0.05) is 21.6 Å². The Morgan fingerprint density at radius 3 is 2.11 bits per heavy atom. The Labute approximate surface area is 164 Å². The van der Waals surface area contributed by atoms with Crippen molar-refractivity contribution in [3.63, 3.8) is 0 Å². The molecule has 0 radical (unpaired) electrons. The van der Waals surface area contributed by atoms with E-state index in [1.165, 1.54) is 11.3 Å². The van der Waals surface area contributed by atoms with E-state index in [9.17, 15) is 14.4 Å². The topological polar surface area (TPSA) is 64.3 Å². The van der Waals surface area contributed by atoms with E-state index in [1.807, 2.05) is 23.6 Å². The van der Waals surface area contributed by atoms with Crippen molar-refractivity contribution in [1.29, 1.82) is 0 Å². The minimum absolute atomic E-state index is 0.0214. The van der Waals surface area contributed by atoms with Gasteiger partial charge in [-0.05, 0) is 11.4 Å². The molecule has 0 atom stereocenters. The number of thiophene rings is 1. The molecule has 5 rings (SSSR count). The molecule has 2 heterocycles. The maximum atomic E-state index is 13.2. The minimum atomic E-state index is -0.380. The van der Waals surface area contributed by atoms with Crippen molar-refractivity contribution in [3.05, 3.63) is 106 Å². The molecular weight excluding hydrogens is 372 g/mol. The van der Waals surface area contributed by atoms with E-state index >= 15 is 0 Å². The summed E-state index contributed by atoms with van der Waals surface area (Å²) in [5, 5.41) is 1.86. The molecule has 0 saturated heterocycles. The number of benzene rings is 2. The first kappa shape index (κ1) is 16.6. The minimum Gasteiger partial charge on any atom is -0.448 e. The summed E-state index contributed by atoms with van der Waals surface area (Å²) in [5.41, 5.74) is 1.63. The summed E-state index contributed by atoms with van der Waals surface area (Å²) in [4.78, 5) is 40.1. The van der Waals surface area contributed by atoms with Gasteiger partial charge in [-0.1, -0.05) is 60.7 Å². The molecule has 5 heteroatoms. The number of carbonyl (C=O) groups excluding carboxylic acids is 3. The zero-order valence-corrected chi connectivity index (χ0v) is 15.3. The molecule has 1 aliphatic carbocycles. The van der Waals surface area contributed by atoms with Gasteiger partial charge in [0.15, 0.2) is 17.3 Å². The van der Waals surface area contributed by atoms with Gasteiger partial charge in [-0.3, -0.25) is 14.4 Å². The molecular formula is C23H12O4S. The Balaban J connectivity index is 1.80. The first-order valence-electron chi connectivity index (χ1n) is 8.65. The van der Waals surface area contributed by atoms with Crippen LogP contribution in [-0.2, 0) is 0 Å². The lowest BCUT2D eigenvalue weighted by molar-refractivity contribution is 0.0951. The summed E-state index contributed by atoms with van der Waals surface area (Å²) in [6.45, 7) is 0. The zero-order valence-electron chi connectivity index (χ0n) is 14.5. The van der Waals surface area contributed by atoms with Gasteiger partial charge >= 0.3 is 0 Å². The number of furan rings is 1. The van der Waals surface area contributed by atoms with Gasteiger partial charge in [0.25, 0.3) is 0 Å². The van der Waals surface area contributed by atoms with Crippen LogP contribution in [0, 0.1) is 0 Å². The molecule has 0 aliphatic heterocycles. The lowest BCUT2D eigenvalue weighted by Gasteiger charge is -2.13. The third kappa shape index (κ3) is 2.33. The smallest absolute Gasteiger partial charge is 0.229 e. The fourth-order valence-electron chi connectivity index (χ4n) is 3.48. The zero-order chi connectivity index (χ0) is 19.3. The highest BCUT2D eigenvalue weighted by Gasteiger charge is 2.39. The van der Waals surface area contributed by atoms with Gasteiger partial charge in [0.1, 0.15) is 0 Å². The van der Waals surface area contributed by atoms with Crippen molar-refractivity contribution >= 4 is 28.7 Å². The maximum absolute atomic E-state index is 13.2. The number of ketones is 3. The lowest BCUT2D eigenvalue weighted by atomic mass is 9.86. The van der Waals surface area contributed by atoms with E-state index in [-0.39, 0.29) is 34.4 Å². The second-order valence-electron chi connectivity index (χ2n) is 6.39. The fraction of sp³-hybridized carbons (Fsp3) is 0. The number of rotatable bonds is 3. The number of fused-ring (bicyclic) bond motifs is 2. The standard InChI is InChI=1S/C23H12O4S/c24-19(13-7-2-1-3-8-13)22-17(16-11-6-12-28-16)18-20(25)14-9-4-5-10-15(14)21(26)23(18)27-22/h1-12H. The molecule has 0 saturated carbocycles. The molecule has 1 aliphatic rings. The van der Waals surface area contributed by atoms with Crippen molar-refractivity contribution in [2.45, 2.75) is 0 Å². The Bertz CT molecular complexity index is 1250. The predicted octanol–water partition coefficient (Wildman–Crippen LogP) is 5.01. The highest BCUT2D eigenvalue weighted by Crippen LogP contribution is 2.41. The second-order valence-corrected chi connectivity index (χ2v) is 7.33. The van der Waals surface area contributed by atoms with Gasteiger partial charge in [0.2, 0.25) is 11.6 Å². The quantitative estimate of drug-likeness (QED) is 0.410. The highest BCUT2D eigenvalue weighted by atomic mass is 32.1. The van der Waals surface area contributed by atoms with Crippen LogP contribution in [-0.4, -0.2) is 17.3 Å². The van der Waals surface area contributed by atoms with Crippen LogP contribution in [0.15, 0.2) is 76.5 Å². The van der Waals surface area contributed by atoms with Crippen LogP contribution in [0.25, 0.3) is 10.4 Å². The molecule has 0 amide bonds. The first-order valence-corrected chi connectivity index (χ1v) is 9.53. The van der Waals surface area contributed by atoms with Crippen LogP contribution < -0.4 is 0 Å². The largest absolute Gasteiger partial charge is 0.448 e. The highest BCUT2D eigenvalue weighted by molar-refractivity contribution is 7.13. The molecule has 0 spiro atoms. The predicted molar refractivity (Wildman–Crippen MR) is 105 cm³/mol. The van der Waals surface area contributed by atoms with Crippen molar-refractivity contribution in [3.8, 4) is 10.4 Å². The van der Waals surface area contributed by atoms with E-state index in [4.69, 9.17) is 4.42 Å². The lowest BCUT2D eigenvalue weighted by Crippen LogP contribution is -2.19. The molecule has 0 unspecified atom stereocenters. The normalized spacial score (nSPS) is 12.6. The first-order chi connectivity index (χ1) is 13.7. The molecule has 4 nitrogen and oxygen atoms in total. The molecule has 134 valence electrons. The summed E-state index contributed by atoms with van der Waals surface area (Å²) < 4.78 is 5.80. The average Bonchev–Trinajstić information content (AvgIpc) is 3.40. The van der Waals surface area contributed by atoms with Gasteiger partial charge in [0.05, 0.1) is 11.1 Å². The van der Waals surface area contributed by atoms with Crippen molar-refractivity contribution < 1.29 is 18.8 Å². The van der Waals surface area contributed by atoms with Gasteiger partial charge in [-0.2, -0.15) is 0 Å². The fourth-order valence-corrected chi connectivity index (χ4v) is 4.25. The van der Waals surface area contributed by atoms with Crippen LogP contribution in [0.3, 0.4) is 0 Å². The Morgan fingerprint density at radius 2 is 1.43 bits per heavy atom. The molecule has 4 aromatic rings. The van der Waals surface area contributed by atoms with Crippen LogP contribution in [0.4, 0.5) is 0 Å². The Morgan fingerprint density at radius 1 is 0.750 bits per heavy atom. The number of hydrogen-bond donors (Lipinski definition) is 0. The Hall–Kier alpha value is -3.57. The van der Waals surface area contributed by atoms with Crippen molar-refractivity contribution in [1.82, 2.24) is 0 Å². The SMILES string of the molecule is O=C1c2ccccc2C(=O)c2c1oc(C(=O)c1ccccc1)c2-c1cccs1. The third-order valence-corrected chi connectivity index (χ3v) is 5.65. The van der Waals surface area contributed by atoms with Gasteiger partial charge < -0.3 is 4.42 Å². The monoisotopic (exact) mass is 384 g/mol. The molecule has 0 N–H and O–H groups in total. The summed E-state index contributed by atoms with van der Waals surface area (Å²) in [6.07, 6.45) is 0. The molecule has 0 fully saturated rings. The van der Waals surface area contributed by atoms with Gasteiger partial charge in [-0.15, -0.1) is 11.3 Å². The molecule has 2 aromatic carbocycles. The van der Waals surface area contributed by atoms with Crippen LogP contribution >= 0.6 is 11.3 Å². The van der Waals surface area contributed by atoms with E-state index < -0.39 is 0 Å². The summed E-state index contributed by atoms with van der Waals surface area (Å²) in [5.74, 6) is -1.08. The summed E-state index contributed by atoms with van der Waals surface area (Å²) >= 11 is 1.39. The van der Waals surface area contributed by atoms with E-state index in [0.29, 0.717) is 27.1 Å². The number of carbonyl (C=O) groups is 3.